The Hall–Kier alpha value is -4.89. The zero-order valence-electron chi connectivity index (χ0n) is 24.6. The molecule has 9 heteroatoms. The Bertz CT molecular complexity index is 1670. The summed E-state index contributed by atoms with van der Waals surface area (Å²) in [5, 5.41) is 2.94. The molecule has 0 radical (unpaired) electrons. The van der Waals surface area contributed by atoms with E-state index in [1.165, 1.54) is 11.8 Å². The number of benzene rings is 4. The summed E-state index contributed by atoms with van der Waals surface area (Å²) < 4.78 is 5.91. The quantitative estimate of drug-likeness (QED) is 0.262. The normalized spacial score (nSPS) is 17.9. The Morgan fingerprint density at radius 1 is 0.800 bits per heavy atom. The van der Waals surface area contributed by atoms with Gasteiger partial charge in [-0.3, -0.25) is 19.2 Å². The number of rotatable bonds is 10. The summed E-state index contributed by atoms with van der Waals surface area (Å²) >= 11 is 1.54. The molecule has 3 atom stereocenters. The number of Topliss-reactive ketones (excluding diaryl/α,β-unsaturated/α-hetero) is 1. The van der Waals surface area contributed by atoms with Crippen molar-refractivity contribution in [2.24, 2.45) is 0 Å². The first-order valence-corrected chi connectivity index (χ1v) is 16.1. The van der Waals surface area contributed by atoms with E-state index in [4.69, 9.17) is 4.74 Å². The molecule has 2 saturated heterocycles. The van der Waals surface area contributed by atoms with Gasteiger partial charge in [-0.25, -0.2) is 0 Å². The van der Waals surface area contributed by atoms with E-state index in [0.717, 1.165) is 5.56 Å². The maximum Gasteiger partial charge on any atom is 0.254 e. The van der Waals surface area contributed by atoms with E-state index in [1.807, 2.05) is 66.7 Å². The average molecular weight is 620 g/mol. The first-order chi connectivity index (χ1) is 22.0. The minimum atomic E-state index is -0.879. The first kappa shape index (κ1) is 30.1. The van der Waals surface area contributed by atoms with E-state index >= 15 is 0 Å². The largest absolute Gasteiger partial charge is 0.457 e. The van der Waals surface area contributed by atoms with Crippen LogP contribution < -0.4 is 10.1 Å². The molecule has 0 saturated carbocycles. The molecule has 2 fully saturated rings. The summed E-state index contributed by atoms with van der Waals surface area (Å²) in [5.41, 5.74) is 1.97. The van der Waals surface area contributed by atoms with Gasteiger partial charge in [0.15, 0.2) is 5.78 Å². The molecule has 2 heterocycles. The fourth-order valence-corrected chi connectivity index (χ4v) is 6.90. The highest BCUT2D eigenvalue weighted by atomic mass is 32.2. The van der Waals surface area contributed by atoms with Crippen molar-refractivity contribution in [2.45, 2.75) is 30.3 Å². The molecule has 2 aliphatic rings. The Morgan fingerprint density at radius 2 is 1.44 bits per heavy atom. The Balaban J connectivity index is 1.18. The monoisotopic (exact) mass is 619 g/mol. The van der Waals surface area contributed by atoms with Crippen LogP contribution >= 0.6 is 11.8 Å². The molecule has 4 aromatic rings. The van der Waals surface area contributed by atoms with E-state index in [2.05, 4.69) is 5.32 Å². The van der Waals surface area contributed by atoms with Crippen LogP contribution in [0.2, 0.25) is 0 Å². The van der Waals surface area contributed by atoms with E-state index in [1.54, 1.807) is 58.3 Å². The third-order valence-corrected chi connectivity index (χ3v) is 9.17. The van der Waals surface area contributed by atoms with Crippen molar-refractivity contribution in [3.8, 4) is 11.5 Å². The molecular weight excluding hydrogens is 586 g/mol. The zero-order chi connectivity index (χ0) is 31.2. The predicted octanol–water partition coefficient (Wildman–Crippen LogP) is 5.21. The van der Waals surface area contributed by atoms with Gasteiger partial charge >= 0.3 is 0 Å². The average Bonchev–Trinajstić information content (AvgIpc) is 3.66. The summed E-state index contributed by atoms with van der Waals surface area (Å²) in [6.07, 6.45) is 0.497. The van der Waals surface area contributed by atoms with Gasteiger partial charge in [0, 0.05) is 29.2 Å². The molecule has 1 N–H and O–H groups in total. The highest BCUT2D eigenvalue weighted by Crippen LogP contribution is 2.32. The van der Waals surface area contributed by atoms with E-state index in [0.29, 0.717) is 47.1 Å². The van der Waals surface area contributed by atoms with Gasteiger partial charge < -0.3 is 19.9 Å². The second-order valence-electron chi connectivity index (χ2n) is 11.1. The highest BCUT2D eigenvalue weighted by Gasteiger charge is 2.52. The first-order valence-electron chi connectivity index (χ1n) is 14.9. The molecule has 4 aromatic carbocycles. The van der Waals surface area contributed by atoms with Crippen molar-refractivity contribution in [1.82, 2.24) is 15.1 Å². The van der Waals surface area contributed by atoms with Crippen LogP contribution in [0.25, 0.3) is 0 Å². The number of nitrogens with one attached hydrogen (secondary N) is 1. The van der Waals surface area contributed by atoms with Crippen LogP contribution in [0.15, 0.2) is 115 Å². The molecule has 0 spiro atoms. The number of thioether (sulfide) groups is 1. The van der Waals surface area contributed by atoms with Crippen molar-refractivity contribution in [3.05, 3.63) is 132 Å². The lowest BCUT2D eigenvalue weighted by Gasteiger charge is -2.28. The van der Waals surface area contributed by atoms with Gasteiger partial charge in [-0.15, -0.1) is 0 Å². The minimum Gasteiger partial charge on any atom is -0.457 e. The van der Waals surface area contributed by atoms with Gasteiger partial charge in [0.1, 0.15) is 23.6 Å². The van der Waals surface area contributed by atoms with Crippen molar-refractivity contribution in [2.75, 3.05) is 18.8 Å². The van der Waals surface area contributed by atoms with Gasteiger partial charge in [-0.05, 0) is 54.4 Å². The summed E-state index contributed by atoms with van der Waals surface area (Å²) in [4.78, 5) is 57.3. The van der Waals surface area contributed by atoms with Crippen LogP contribution in [-0.4, -0.2) is 70.3 Å². The number of likely N-dealkylation sites (tertiary alicyclic amines) is 2. The number of carbonyl (C=O) groups excluding carboxylic acids is 4. The molecule has 8 nitrogen and oxygen atoms in total. The van der Waals surface area contributed by atoms with Crippen LogP contribution in [0.3, 0.4) is 0 Å². The Labute approximate surface area is 266 Å². The van der Waals surface area contributed by atoms with Gasteiger partial charge in [0.05, 0.1) is 12.6 Å². The SMILES string of the molecule is O=C(N[C@@H](CSCc1ccccc1)C(=O)N1CC[C@@H]2[C@H]1C(=O)CN2C(=O)c1ccccc1)c1cccc(Oc2ccccc2)c1. The van der Waals surface area contributed by atoms with Crippen LogP contribution in [-0.2, 0) is 15.3 Å². The Morgan fingerprint density at radius 3 is 2.18 bits per heavy atom. The molecule has 0 aromatic heterocycles. The number of amides is 3. The zero-order valence-corrected chi connectivity index (χ0v) is 25.4. The molecule has 45 heavy (non-hydrogen) atoms. The summed E-state index contributed by atoms with van der Waals surface area (Å²) in [5.74, 6) is 0.994. The van der Waals surface area contributed by atoms with Gasteiger partial charge in [0.2, 0.25) is 5.91 Å². The van der Waals surface area contributed by atoms with E-state index < -0.39 is 24.0 Å². The van der Waals surface area contributed by atoms with Crippen LogP contribution in [0.4, 0.5) is 0 Å². The highest BCUT2D eigenvalue weighted by molar-refractivity contribution is 7.98. The van der Waals surface area contributed by atoms with Gasteiger partial charge in [0.25, 0.3) is 11.8 Å². The molecule has 0 unspecified atom stereocenters. The second kappa shape index (κ2) is 13.8. The third kappa shape index (κ3) is 6.94. The lowest BCUT2D eigenvalue weighted by Crippen LogP contribution is -2.53. The molecule has 228 valence electrons. The van der Waals surface area contributed by atoms with Crippen molar-refractivity contribution in [1.29, 1.82) is 0 Å². The summed E-state index contributed by atoms with van der Waals surface area (Å²) in [6.45, 7) is 0.287. The number of ether oxygens (including phenoxy) is 1. The molecule has 3 amide bonds. The number of ketones is 1. The van der Waals surface area contributed by atoms with Crippen molar-refractivity contribution in [3.63, 3.8) is 0 Å². The van der Waals surface area contributed by atoms with Gasteiger partial charge in [-0.1, -0.05) is 72.8 Å². The van der Waals surface area contributed by atoms with Crippen LogP contribution in [0.5, 0.6) is 11.5 Å². The number of nitrogens with zero attached hydrogens (tertiary/aromatic N) is 2. The lowest BCUT2D eigenvalue weighted by molar-refractivity contribution is -0.137. The number of hydrogen-bond donors (Lipinski definition) is 1. The lowest BCUT2D eigenvalue weighted by atomic mass is 10.1. The van der Waals surface area contributed by atoms with Crippen LogP contribution in [0.1, 0.15) is 32.7 Å². The van der Waals surface area contributed by atoms with Crippen molar-refractivity contribution < 1.29 is 23.9 Å². The maximum atomic E-state index is 14.1. The van der Waals surface area contributed by atoms with Crippen molar-refractivity contribution >= 4 is 35.3 Å². The second-order valence-corrected chi connectivity index (χ2v) is 12.1. The smallest absolute Gasteiger partial charge is 0.254 e. The van der Waals surface area contributed by atoms with E-state index in [-0.39, 0.29) is 24.1 Å². The maximum absolute atomic E-state index is 14.1. The topological polar surface area (TPSA) is 96.0 Å². The standard InChI is InChI=1S/C36H33N3O5S/c40-32-22-39(35(42)26-13-6-2-7-14-26)31-19-20-38(33(31)32)36(43)30(24-45-23-25-11-4-1-5-12-25)37-34(41)27-15-10-18-29(21-27)44-28-16-8-3-9-17-28/h1-18,21,30-31,33H,19-20,22-24H2,(H,37,41)/t30-,31+,33-/m0/s1. The number of fused-ring (bicyclic) bond motifs is 1. The summed E-state index contributed by atoms with van der Waals surface area (Å²) in [6, 6.07) is 32.9. The van der Waals surface area contributed by atoms with Crippen LogP contribution in [0, 0.1) is 0 Å². The fraction of sp³-hybridized carbons (Fsp3) is 0.222. The fourth-order valence-electron chi connectivity index (χ4n) is 5.90. The molecule has 2 aliphatic heterocycles. The third-order valence-electron chi connectivity index (χ3n) is 8.06. The molecule has 0 bridgehead atoms. The van der Waals surface area contributed by atoms with Gasteiger partial charge in [-0.2, -0.15) is 11.8 Å². The van der Waals surface area contributed by atoms with E-state index in [9.17, 15) is 19.2 Å². The number of carbonyl (C=O) groups is 4. The number of para-hydroxylation sites is 1. The molecular formula is C36H33N3O5S. The molecule has 0 aliphatic carbocycles. The minimum absolute atomic E-state index is 0.0408. The predicted molar refractivity (Wildman–Crippen MR) is 173 cm³/mol. The Kier molecular flexibility index (Phi) is 9.26. The summed E-state index contributed by atoms with van der Waals surface area (Å²) in [7, 11) is 0. The number of hydrogen-bond acceptors (Lipinski definition) is 6. The molecule has 6 rings (SSSR count).